The fourth-order valence-electron chi connectivity index (χ4n) is 1.17. The molecule has 0 radical (unpaired) electrons. The lowest BCUT2D eigenvalue weighted by atomic mass is 10.4. The highest BCUT2D eigenvalue weighted by atomic mass is 16.7. The van der Waals surface area contributed by atoms with Gasteiger partial charge in [-0.1, -0.05) is 6.92 Å². The van der Waals surface area contributed by atoms with Crippen LogP contribution in [-0.2, 0) is 4.84 Å². The van der Waals surface area contributed by atoms with Gasteiger partial charge in [0.1, 0.15) is 0 Å². The van der Waals surface area contributed by atoms with E-state index >= 15 is 0 Å². The minimum atomic E-state index is 0.914. The third-order valence-corrected chi connectivity index (χ3v) is 1.95. The largest absolute Gasteiger partial charge is 0.305 e. The number of hydroxylamine groups is 2. The molecule has 1 fully saturated rings. The van der Waals surface area contributed by atoms with Gasteiger partial charge in [0.15, 0.2) is 0 Å². The first-order valence-electron chi connectivity index (χ1n) is 4.39. The van der Waals surface area contributed by atoms with Gasteiger partial charge in [-0.3, -0.25) is 4.84 Å². The number of likely N-dealkylation sites (N-methyl/N-ethyl adjacent to an activating group) is 1. The maximum atomic E-state index is 5.17. The number of hydrogen-bond acceptors (Lipinski definition) is 3. The van der Waals surface area contributed by atoms with Crippen LogP contribution in [0.4, 0.5) is 0 Å². The van der Waals surface area contributed by atoms with Gasteiger partial charge in [-0.15, -0.1) is 0 Å². The molecule has 66 valence electrons. The SMILES string of the molecule is CCCN(C)CCN1CCO1. The van der Waals surface area contributed by atoms with Gasteiger partial charge < -0.3 is 4.90 Å². The number of nitrogens with zero attached hydrogens (tertiary/aromatic N) is 2. The lowest BCUT2D eigenvalue weighted by Crippen LogP contribution is -2.43. The topological polar surface area (TPSA) is 15.7 Å². The summed E-state index contributed by atoms with van der Waals surface area (Å²) in [5.41, 5.74) is 0. The molecule has 0 atom stereocenters. The molecule has 1 saturated heterocycles. The monoisotopic (exact) mass is 158 g/mol. The molecular weight excluding hydrogens is 140 g/mol. The van der Waals surface area contributed by atoms with Gasteiger partial charge in [0.25, 0.3) is 0 Å². The minimum Gasteiger partial charge on any atom is -0.305 e. The second-order valence-electron chi connectivity index (χ2n) is 3.07. The summed E-state index contributed by atoms with van der Waals surface area (Å²) in [6.45, 7) is 7.59. The Hall–Kier alpha value is -0.120. The van der Waals surface area contributed by atoms with Crippen molar-refractivity contribution >= 4 is 0 Å². The van der Waals surface area contributed by atoms with Crippen LogP contribution in [0.1, 0.15) is 13.3 Å². The van der Waals surface area contributed by atoms with Crippen LogP contribution in [0.25, 0.3) is 0 Å². The molecule has 0 saturated carbocycles. The average molecular weight is 158 g/mol. The summed E-state index contributed by atoms with van der Waals surface area (Å²) >= 11 is 0. The van der Waals surface area contributed by atoms with E-state index in [1.807, 2.05) is 5.06 Å². The van der Waals surface area contributed by atoms with Crippen LogP contribution in [0.5, 0.6) is 0 Å². The maximum Gasteiger partial charge on any atom is 0.0835 e. The lowest BCUT2D eigenvalue weighted by Gasteiger charge is -2.31. The van der Waals surface area contributed by atoms with E-state index in [9.17, 15) is 0 Å². The van der Waals surface area contributed by atoms with Gasteiger partial charge >= 0.3 is 0 Å². The van der Waals surface area contributed by atoms with Gasteiger partial charge in [-0.05, 0) is 20.0 Å². The summed E-state index contributed by atoms with van der Waals surface area (Å²) in [6, 6.07) is 0. The molecule has 0 unspecified atom stereocenters. The van der Waals surface area contributed by atoms with Crippen molar-refractivity contribution in [2.24, 2.45) is 0 Å². The molecule has 0 aliphatic carbocycles. The quantitative estimate of drug-likeness (QED) is 0.582. The molecule has 0 bridgehead atoms. The smallest absolute Gasteiger partial charge is 0.0835 e. The molecule has 3 nitrogen and oxygen atoms in total. The fourth-order valence-corrected chi connectivity index (χ4v) is 1.17. The van der Waals surface area contributed by atoms with E-state index in [4.69, 9.17) is 4.84 Å². The van der Waals surface area contributed by atoms with E-state index in [0.29, 0.717) is 0 Å². The zero-order valence-electron chi connectivity index (χ0n) is 7.55. The van der Waals surface area contributed by atoms with Crippen LogP contribution in [0.2, 0.25) is 0 Å². The number of hydrogen-bond donors (Lipinski definition) is 0. The van der Waals surface area contributed by atoms with Gasteiger partial charge in [0.2, 0.25) is 0 Å². The van der Waals surface area contributed by atoms with Crippen molar-refractivity contribution in [2.45, 2.75) is 13.3 Å². The number of rotatable bonds is 5. The first kappa shape index (κ1) is 8.97. The average Bonchev–Trinajstić information content (AvgIpc) is 1.85. The highest BCUT2D eigenvalue weighted by molar-refractivity contribution is 4.57. The summed E-state index contributed by atoms with van der Waals surface area (Å²) in [5.74, 6) is 0. The molecule has 1 aliphatic heterocycles. The molecule has 11 heavy (non-hydrogen) atoms. The predicted molar refractivity (Wildman–Crippen MR) is 45.3 cm³/mol. The Kier molecular flexibility index (Phi) is 3.83. The molecule has 3 heteroatoms. The van der Waals surface area contributed by atoms with Crippen molar-refractivity contribution in [2.75, 3.05) is 39.8 Å². The molecule has 1 heterocycles. The van der Waals surface area contributed by atoms with Gasteiger partial charge in [0.05, 0.1) is 6.61 Å². The Bertz CT molecular complexity index is 104. The van der Waals surface area contributed by atoms with Gasteiger partial charge in [0, 0.05) is 19.6 Å². The van der Waals surface area contributed by atoms with Crippen LogP contribution in [0, 0.1) is 0 Å². The van der Waals surface area contributed by atoms with Crippen molar-refractivity contribution < 1.29 is 4.84 Å². The molecule has 0 aromatic carbocycles. The van der Waals surface area contributed by atoms with Crippen LogP contribution in [0.3, 0.4) is 0 Å². The zero-order chi connectivity index (χ0) is 8.10. The van der Waals surface area contributed by atoms with E-state index in [0.717, 1.165) is 26.2 Å². The Balaban J connectivity index is 1.92. The fraction of sp³-hybridized carbons (Fsp3) is 1.00. The van der Waals surface area contributed by atoms with E-state index in [1.165, 1.54) is 13.0 Å². The van der Waals surface area contributed by atoms with E-state index < -0.39 is 0 Å². The van der Waals surface area contributed by atoms with Gasteiger partial charge in [-0.2, -0.15) is 5.06 Å². The van der Waals surface area contributed by atoms with Crippen LogP contribution in [0.15, 0.2) is 0 Å². The second-order valence-corrected chi connectivity index (χ2v) is 3.07. The predicted octanol–water partition coefficient (Wildman–Crippen LogP) is 0.575. The summed E-state index contributed by atoms with van der Waals surface area (Å²) in [7, 11) is 2.16. The van der Waals surface area contributed by atoms with E-state index in [-0.39, 0.29) is 0 Å². The van der Waals surface area contributed by atoms with E-state index in [2.05, 4.69) is 18.9 Å². The maximum absolute atomic E-state index is 5.17. The van der Waals surface area contributed by atoms with Gasteiger partial charge in [-0.25, -0.2) is 0 Å². The molecule has 0 spiro atoms. The molecular formula is C8H18N2O. The Morgan fingerprint density at radius 1 is 1.45 bits per heavy atom. The van der Waals surface area contributed by atoms with Crippen molar-refractivity contribution in [3.05, 3.63) is 0 Å². The zero-order valence-corrected chi connectivity index (χ0v) is 7.55. The van der Waals surface area contributed by atoms with E-state index in [1.54, 1.807) is 0 Å². The third kappa shape index (κ3) is 3.18. The first-order chi connectivity index (χ1) is 5.33. The van der Waals surface area contributed by atoms with Crippen molar-refractivity contribution in [1.82, 2.24) is 9.96 Å². The van der Waals surface area contributed by atoms with Crippen LogP contribution in [-0.4, -0.2) is 49.8 Å². The highest BCUT2D eigenvalue weighted by Crippen LogP contribution is 2.00. The molecule has 1 rings (SSSR count). The molecule has 0 aromatic heterocycles. The van der Waals surface area contributed by atoms with Crippen molar-refractivity contribution in [3.63, 3.8) is 0 Å². The molecule has 1 aliphatic rings. The third-order valence-electron chi connectivity index (χ3n) is 1.95. The van der Waals surface area contributed by atoms with Crippen molar-refractivity contribution in [3.8, 4) is 0 Å². The normalized spacial score (nSPS) is 18.8. The first-order valence-corrected chi connectivity index (χ1v) is 4.39. The summed E-state index contributed by atoms with van der Waals surface area (Å²) in [6.07, 6.45) is 1.23. The minimum absolute atomic E-state index is 0.914. The standard InChI is InChI=1S/C8H18N2O/c1-3-4-9(2)5-6-10-7-8-11-10/h3-8H2,1-2H3. The Morgan fingerprint density at radius 2 is 2.18 bits per heavy atom. The Labute approximate surface area is 68.9 Å². The lowest BCUT2D eigenvalue weighted by molar-refractivity contribution is -0.247. The highest BCUT2D eigenvalue weighted by Gasteiger charge is 2.14. The molecule has 0 N–H and O–H groups in total. The van der Waals surface area contributed by atoms with Crippen LogP contribution >= 0.6 is 0 Å². The van der Waals surface area contributed by atoms with Crippen LogP contribution < -0.4 is 0 Å². The summed E-state index contributed by atoms with van der Waals surface area (Å²) < 4.78 is 0. The second kappa shape index (κ2) is 4.70. The summed E-state index contributed by atoms with van der Waals surface area (Å²) in [4.78, 5) is 7.50. The van der Waals surface area contributed by atoms with Crippen molar-refractivity contribution in [1.29, 1.82) is 0 Å². The Morgan fingerprint density at radius 3 is 2.64 bits per heavy atom. The summed E-state index contributed by atoms with van der Waals surface area (Å²) in [5, 5.41) is 2.02. The molecule has 0 aromatic rings. The molecule has 0 amide bonds.